The number of rotatable bonds is 5. The third-order valence-electron chi connectivity index (χ3n) is 3.88. The van der Waals surface area contributed by atoms with E-state index < -0.39 is 21.8 Å². The van der Waals surface area contributed by atoms with Crippen LogP contribution in [0.1, 0.15) is 48.4 Å². The summed E-state index contributed by atoms with van der Waals surface area (Å²) >= 11 is 0. The van der Waals surface area contributed by atoms with E-state index in [-0.39, 0.29) is 15.9 Å². The van der Waals surface area contributed by atoms with E-state index in [2.05, 4.69) is 0 Å². The molecular weight excluding hydrogens is 327 g/mol. The SMILES string of the molecule is CC(C)(C)c1ccc(S(=O)(=O)CC(F)c2ccc(C=O)cc2)cc1. The van der Waals surface area contributed by atoms with Crippen molar-refractivity contribution in [3.05, 3.63) is 65.2 Å². The molecule has 0 saturated heterocycles. The van der Waals surface area contributed by atoms with Gasteiger partial charge in [0.05, 0.1) is 10.6 Å². The molecule has 0 aliphatic carbocycles. The minimum absolute atomic E-state index is 0.0781. The van der Waals surface area contributed by atoms with Crippen LogP contribution in [-0.2, 0) is 15.3 Å². The van der Waals surface area contributed by atoms with Gasteiger partial charge in [0.1, 0.15) is 12.5 Å². The first-order valence-corrected chi connectivity index (χ1v) is 9.31. The summed E-state index contributed by atoms with van der Waals surface area (Å²) in [7, 11) is -3.73. The molecule has 0 amide bonds. The maximum absolute atomic E-state index is 14.4. The number of hydrogen-bond donors (Lipinski definition) is 0. The van der Waals surface area contributed by atoms with Crippen LogP contribution < -0.4 is 0 Å². The van der Waals surface area contributed by atoms with E-state index in [1.165, 1.54) is 36.4 Å². The van der Waals surface area contributed by atoms with Crippen molar-refractivity contribution in [1.82, 2.24) is 0 Å². The molecule has 0 heterocycles. The molecule has 24 heavy (non-hydrogen) atoms. The topological polar surface area (TPSA) is 51.2 Å². The minimum atomic E-state index is -3.73. The van der Waals surface area contributed by atoms with E-state index >= 15 is 0 Å². The predicted octanol–water partition coefficient (Wildman–Crippen LogP) is 4.28. The van der Waals surface area contributed by atoms with Crippen LogP contribution in [0.25, 0.3) is 0 Å². The van der Waals surface area contributed by atoms with Gasteiger partial charge in [0, 0.05) is 5.56 Å². The van der Waals surface area contributed by atoms with E-state index in [4.69, 9.17) is 0 Å². The first-order valence-electron chi connectivity index (χ1n) is 7.66. The monoisotopic (exact) mass is 348 g/mol. The summed E-state index contributed by atoms with van der Waals surface area (Å²) in [6.07, 6.45) is -0.983. The third kappa shape index (κ3) is 4.29. The van der Waals surface area contributed by atoms with E-state index in [1.807, 2.05) is 20.8 Å². The summed E-state index contributed by atoms with van der Waals surface area (Å²) in [4.78, 5) is 10.7. The Morgan fingerprint density at radius 1 is 1.00 bits per heavy atom. The van der Waals surface area contributed by atoms with Crippen LogP contribution in [0.2, 0.25) is 0 Å². The number of halogens is 1. The molecule has 2 rings (SSSR count). The summed E-state index contributed by atoms with van der Waals surface area (Å²) in [5.41, 5.74) is 1.61. The molecule has 2 aromatic rings. The Kier molecular flexibility index (Phi) is 5.23. The maximum atomic E-state index is 14.4. The number of alkyl halides is 1. The Hall–Kier alpha value is -2.01. The fourth-order valence-electron chi connectivity index (χ4n) is 2.33. The van der Waals surface area contributed by atoms with E-state index in [9.17, 15) is 17.6 Å². The molecule has 3 nitrogen and oxygen atoms in total. The van der Waals surface area contributed by atoms with Crippen LogP contribution in [0.4, 0.5) is 4.39 Å². The molecular formula is C19H21FO3S. The van der Waals surface area contributed by atoms with E-state index in [1.54, 1.807) is 12.1 Å². The second kappa shape index (κ2) is 6.85. The van der Waals surface area contributed by atoms with Gasteiger partial charge in [0.2, 0.25) is 0 Å². The lowest BCUT2D eigenvalue weighted by Gasteiger charge is -2.19. The second-order valence-corrected chi connectivity index (χ2v) is 8.84. The van der Waals surface area contributed by atoms with Gasteiger partial charge in [-0.2, -0.15) is 0 Å². The molecule has 0 aliphatic heterocycles. The van der Waals surface area contributed by atoms with Gasteiger partial charge in [0.15, 0.2) is 9.84 Å². The number of aldehydes is 1. The van der Waals surface area contributed by atoms with Crippen LogP contribution in [0, 0.1) is 0 Å². The van der Waals surface area contributed by atoms with Gasteiger partial charge in [-0.3, -0.25) is 4.79 Å². The van der Waals surface area contributed by atoms with Crippen molar-refractivity contribution in [1.29, 1.82) is 0 Å². The number of benzene rings is 2. The van der Waals surface area contributed by atoms with Gasteiger partial charge in [-0.05, 0) is 28.7 Å². The second-order valence-electron chi connectivity index (χ2n) is 6.81. The molecule has 0 saturated carbocycles. The van der Waals surface area contributed by atoms with E-state index in [0.29, 0.717) is 11.8 Å². The van der Waals surface area contributed by atoms with Crippen LogP contribution in [0.5, 0.6) is 0 Å². The number of carbonyl (C=O) groups excluding carboxylic acids is 1. The van der Waals surface area contributed by atoms with Crippen molar-refractivity contribution in [2.45, 2.75) is 37.3 Å². The van der Waals surface area contributed by atoms with Gasteiger partial charge in [0.25, 0.3) is 0 Å². The minimum Gasteiger partial charge on any atom is -0.298 e. The van der Waals surface area contributed by atoms with Crippen molar-refractivity contribution in [2.75, 3.05) is 5.75 Å². The van der Waals surface area contributed by atoms with Crippen LogP contribution in [-0.4, -0.2) is 20.5 Å². The Morgan fingerprint density at radius 2 is 1.54 bits per heavy atom. The molecule has 5 heteroatoms. The Morgan fingerprint density at radius 3 is 2.00 bits per heavy atom. The lowest BCUT2D eigenvalue weighted by Crippen LogP contribution is -2.14. The highest BCUT2D eigenvalue weighted by atomic mass is 32.2. The maximum Gasteiger partial charge on any atom is 0.181 e. The predicted molar refractivity (Wildman–Crippen MR) is 92.9 cm³/mol. The highest BCUT2D eigenvalue weighted by molar-refractivity contribution is 7.91. The molecule has 1 atom stereocenters. The van der Waals surface area contributed by atoms with Gasteiger partial charge >= 0.3 is 0 Å². The van der Waals surface area contributed by atoms with Crippen molar-refractivity contribution in [2.24, 2.45) is 0 Å². The molecule has 0 spiro atoms. The zero-order chi connectivity index (χ0) is 18.0. The van der Waals surface area contributed by atoms with Crippen molar-refractivity contribution >= 4 is 16.1 Å². The normalized spacial score (nSPS) is 13.5. The quantitative estimate of drug-likeness (QED) is 0.758. The average Bonchev–Trinajstić information content (AvgIpc) is 2.54. The van der Waals surface area contributed by atoms with Crippen LogP contribution >= 0.6 is 0 Å². The van der Waals surface area contributed by atoms with Crippen molar-refractivity contribution in [3.8, 4) is 0 Å². The molecule has 128 valence electrons. The Bertz CT molecular complexity index is 801. The highest BCUT2D eigenvalue weighted by Gasteiger charge is 2.23. The summed E-state index contributed by atoms with van der Waals surface area (Å²) in [5, 5.41) is 0. The Balaban J connectivity index is 2.19. The first-order chi connectivity index (χ1) is 11.1. The fourth-order valence-corrected chi connectivity index (χ4v) is 3.65. The molecule has 2 aromatic carbocycles. The lowest BCUT2D eigenvalue weighted by molar-refractivity contribution is 0.112. The van der Waals surface area contributed by atoms with Gasteiger partial charge in [-0.1, -0.05) is 57.2 Å². The van der Waals surface area contributed by atoms with Crippen molar-refractivity contribution in [3.63, 3.8) is 0 Å². The molecule has 0 aliphatic rings. The zero-order valence-electron chi connectivity index (χ0n) is 14.0. The van der Waals surface area contributed by atoms with E-state index in [0.717, 1.165) is 5.56 Å². The number of sulfone groups is 1. The fraction of sp³-hybridized carbons (Fsp3) is 0.316. The first kappa shape index (κ1) is 18.3. The molecule has 0 radical (unpaired) electrons. The lowest BCUT2D eigenvalue weighted by atomic mass is 9.87. The summed E-state index contributed by atoms with van der Waals surface area (Å²) in [6.45, 7) is 6.12. The van der Waals surface area contributed by atoms with Gasteiger partial charge in [-0.15, -0.1) is 0 Å². The molecule has 0 N–H and O–H groups in total. The molecule has 1 unspecified atom stereocenters. The Labute approximate surface area is 142 Å². The third-order valence-corrected chi connectivity index (χ3v) is 5.60. The standard InChI is InChI=1S/C19H21FO3S/c1-19(2,3)16-8-10-17(11-9-16)24(22,23)13-18(20)15-6-4-14(12-21)5-7-15/h4-12,18H,13H2,1-3H3. The molecule has 0 aromatic heterocycles. The zero-order valence-corrected chi connectivity index (χ0v) is 14.8. The molecule has 0 fully saturated rings. The summed E-state index contributed by atoms with van der Waals surface area (Å²) < 4.78 is 39.2. The largest absolute Gasteiger partial charge is 0.298 e. The summed E-state index contributed by atoms with van der Waals surface area (Å²) in [6, 6.07) is 12.4. The van der Waals surface area contributed by atoms with Gasteiger partial charge < -0.3 is 0 Å². The average molecular weight is 348 g/mol. The van der Waals surface area contributed by atoms with Crippen molar-refractivity contribution < 1.29 is 17.6 Å². The van der Waals surface area contributed by atoms with Crippen LogP contribution in [0.3, 0.4) is 0 Å². The van der Waals surface area contributed by atoms with Gasteiger partial charge in [-0.25, -0.2) is 12.8 Å². The van der Waals surface area contributed by atoms with Crippen LogP contribution in [0.15, 0.2) is 53.4 Å². The smallest absolute Gasteiger partial charge is 0.181 e. The molecule has 0 bridgehead atoms. The number of hydrogen-bond acceptors (Lipinski definition) is 3. The number of carbonyl (C=O) groups is 1. The summed E-state index contributed by atoms with van der Waals surface area (Å²) in [5.74, 6) is -0.623. The highest BCUT2D eigenvalue weighted by Crippen LogP contribution is 2.26.